The Morgan fingerprint density at radius 3 is 2.86 bits per heavy atom. The van der Waals surface area contributed by atoms with Crippen LogP contribution in [0.15, 0.2) is 33.6 Å². The van der Waals surface area contributed by atoms with Crippen LogP contribution in [0.1, 0.15) is 5.56 Å². The first-order chi connectivity index (χ1) is 6.68. The molecule has 2 aromatic rings. The molecule has 0 saturated carbocycles. The minimum Gasteiger partial charge on any atom is -0.443 e. The first kappa shape index (κ1) is 9.40. The SMILES string of the molecule is Cc1cc(Br)cc(-c2cnco2)c1F. The van der Waals surface area contributed by atoms with Gasteiger partial charge in [0.2, 0.25) is 0 Å². The summed E-state index contributed by atoms with van der Waals surface area (Å²) in [6, 6.07) is 3.39. The Morgan fingerprint density at radius 2 is 2.21 bits per heavy atom. The minimum atomic E-state index is -0.273. The number of halogens is 2. The van der Waals surface area contributed by atoms with E-state index in [9.17, 15) is 4.39 Å². The molecule has 0 saturated heterocycles. The van der Waals surface area contributed by atoms with Crippen molar-refractivity contribution in [3.05, 3.63) is 40.6 Å². The largest absolute Gasteiger partial charge is 0.443 e. The maximum atomic E-state index is 13.6. The van der Waals surface area contributed by atoms with Gasteiger partial charge in [-0.1, -0.05) is 15.9 Å². The maximum Gasteiger partial charge on any atom is 0.181 e. The van der Waals surface area contributed by atoms with Crippen LogP contribution in [-0.4, -0.2) is 4.98 Å². The van der Waals surface area contributed by atoms with Gasteiger partial charge in [-0.2, -0.15) is 0 Å². The van der Waals surface area contributed by atoms with Gasteiger partial charge in [-0.05, 0) is 24.6 Å². The van der Waals surface area contributed by atoms with Gasteiger partial charge in [0.25, 0.3) is 0 Å². The van der Waals surface area contributed by atoms with Crippen LogP contribution in [0.3, 0.4) is 0 Å². The van der Waals surface area contributed by atoms with Gasteiger partial charge in [0.1, 0.15) is 5.82 Å². The smallest absolute Gasteiger partial charge is 0.181 e. The van der Waals surface area contributed by atoms with Gasteiger partial charge in [-0.3, -0.25) is 0 Å². The predicted molar refractivity (Wildman–Crippen MR) is 54.3 cm³/mol. The van der Waals surface area contributed by atoms with Crippen molar-refractivity contribution in [3.8, 4) is 11.3 Å². The van der Waals surface area contributed by atoms with Crippen LogP contribution < -0.4 is 0 Å². The number of oxazole rings is 1. The molecule has 1 heterocycles. The van der Waals surface area contributed by atoms with E-state index in [1.54, 1.807) is 19.1 Å². The van der Waals surface area contributed by atoms with E-state index in [0.29, 0.717) is 16.9 Å². The first-order valence-electron chi connectivity index (χ1n) is 4.03. The van der Waals surface area contributed by atoms with Crippen molar-refractivity contribution in [2.75, 3.05) is 0 Å². The van der Waals surface area contributed by atoms with E-state index in [2.05, 4.69) is 20.9 Å². The third-order valence-corrected chi connectivity index (χ3v) is 2.37. The number of nitrogens with zero attached hydrogens (tertiary/aromatic N) is 1. The molecule has 2 rings (SSSR count). The van der Waals surface area contributed by atoms with Gasteiger partial charge in [0.05, 0.1) is 11.8 Å². The van der Waals surface area contributed by atoms with Crippen molar-refractivity contribution in [1.82, 2.24) is 4.98 Å². The molecular weight excluding hydrogens is 249 g/mol. The van der Waals surface area contributed by atoms with Crippen LogP contribution in [0.25, 0.3) is 11.3 Å². The number of aryl methyl sites for hydroxylation is 1. The average Bonchev–Trinajstić information content (AvgIpc) is 2.63. The topological polar surface area (TPSA) is 26.0 Å². The average molecular weight is 256 g/mol. The highest BCUT2D eigenvalue weighted by Crippen LogP contribution is 2.28. The molecule has 0 amide bonds. The van der Waals surface area contributed by atoms with Crippen molar-refractivity contribution in [2.45, 2.75) is 6.92 Å². The van der Waals surface area contributed by atoms with E-state index < -0.39 is 0 Å². The molecule has 0 radical (unpaired) electrons. The summed E-state index contributed by atoms with van der Waals surface area (Å²) in [6.45, 7) is 1.71. The normalized spacial score (nSPS) is 10.5. The van der Waals surface area contributed by atoms with Gasteiger partial charge in [-0.25, -0.2) is 9.37 Å². The number of benzene rings is 1. The second kappa shape index (κ2) is 3.53. The Morgan fingerprint density at radius 1 is 1.43 bits per heavy atom. The van der Waals surface area contributed by atoms with Crippen molar-refractivity contribution >= 4 is 15.9 Å². The van der Waals surface area contributed by atoms with E-state index in [1.807, 2.05) is 0 Å². The molecular formula is C10H7BrFNO. The second-order valence-corrected chi connectivity index (χ2v) is 3.87. The lowest BCUT2D eigenvalue weighted by Crippen LogP contribution is -1.87. The van der Waals surface area contributed by atoms with Crippen molar-refractivity contribution in [3.63, 3.8) is 0 Å². The fraction of sp³-hybridized carbons (Fsp3) is 0.100. The number of hydrogen-bond acceptors (Lipinski definition) is 2. The summed E-state index contributed by atoms with van der Waals surface area (Å²) in [5.41, 5.74) is 1.00. The highest BCUT2D eigenvalue weighted by molar-refractivity contribution is 9.10. The molecule has 14 heavy (non-hydrogen) atoms. The van der Waals surface area contributed by atoms with Crippen molar-refractivity contribution < 1.29 is 8.81 Å². The Bertz CT molecular complexity index is 453. The zero-order chi connectivity index (χ0) is 10.1. The maximum absolute atomic E-state index is 13.6. The van der Waals surface area contributed by atoms with Gasteiger partial charge >= 0.3 is 0 Å². The predicted octanol–water partition coefficient (Wildman–Crippen LogP) is 3.55. The van der Waals surface area contributed by atoms with Crippen LogP contribution in [-0.2, 0) is 0 Å². The Kier molecular flexibility index (Phi) is 2.37. The van der Waals surface area contributed by atoms with E-state index in [-0.39, 0.29) is 5.82 Å². The van der Waals surface area contributed by atoms with Gasteiger partial charge in [0, 0.05) is 4.47 Å². The number of rotatable bonds is 1. The second-order valence-electron chi connectivity index (χ2n) is 2.95. The summed E-state index contributed by atoms with van der Waals surface area (Å²) >= 11 is 3.30. The van der Waals surface area contributed by atoms with Crippen LogP contribution in [0, 0.1) is 12.7 Å². The zero-order valence-corrected chi connectivity index (χ0v) is 9.01. The Balaban J connectivity index is 2.64. The molecule has 0 fully saturated rings. The van der Waals surface area contributed by atoms with Crippen LogP contribution in [0.5, 0.6) is 0 Å². The van der Waals surface area contributed by atoms with Crippen LogP contribution in [0.2, 0.25) is 0 Å². The highest BCUT2D eigenvalue weighted by Gasteiger charge is 2.11. The Hall–Kier alpha value is -1.16. The molecule has 0 bridgehead atoms. The molecule has 0 atom stereocenters. The van der Waals surface area contributed by atoms with Crippen LogP contribution >= 0.6 is 15.9 Å². The number of aromatic nitrogens is 1. The molecule has 1 aromatic carbocycles. The summed E-state index contributed by atoms with van der Waals surface area (Å²) in [6.07, 6.45) is 2.77. The lowest BCUT2D eigenvalue weighted by Gasteiger charge is -2.03. The fourth-order valence-electron chi connectivity index (χ4n) is 1.25. The lowest BCUT2D eigenvalue weighted by atomic mass is 10.1. The molecule has 1 aromatic heterocycles. The Labute approximate surface area is 88.9 Å². The minimum absolute atomic E-state index is 0.273. The summed E-state index contributed by atoms with van der Waals surface area (Å²) in [5.74, 6) is 0.164. The van der Waals surface area contributed by atoms with Crippen molar-refractivity contribution in [2.24, 2.45) is 0 Å². The van der Waals surface area contributed by atoms with Crippen molar-refractivity contribution in [1.29, 1.82) is 0 Å². The molecule has 72 valence electrons. The van der Waals surface area contributed by atoms with E-state index in [4.69, 9.17) is 4.42 Å². The molecule has 4 heteroatoms. The molecule has 0 aliphatic rings. The lowest BCUT2D eigenvalue weighted by molar-refractivity contribution is 0.560. The van der Waals surface area contributed by atoms with Gasteiger partial charge in [0.15, 0.2) is 12.2 Å². The summed E-state index contributed by atoms with van der Waals surface area (Å²) in [7, 11) is 0. The third kappa shape index (κ3) is 1.57. The summed E-state index contributed by atoms with van der Waals surface area (Å²) in [4.78, 5) is 3.75. The molecule has 0 aliphatic heterocycles. The monoisotopic (exact) mass is 255 g/mol. The van der Waals surface area contributed by atoms with E-state index in [1.165, 1.54) is 12.6 Å². The summed E-state index contributed by atoms with van der Waals surface area (Å²) in [5, 5.41) is 0. The standard InChI is InChI=1S/C10H7BrFNO/c1-6-2-7(11)3-8(10(6)12)9-4-13-5-14-9/h2-5H,1H3. The molecule has 0 spiro atoms. The molecule has 0 N–H and O–H groups in total. The molecule has 0 aliphatic carbocycles. The third-order valence-electron chi connectivity index (χ3n) is 1.92. The molecule has 2 nitrogen and oxygen atoms in total. The van der Waals surface area contributed by atoms with Crippen LogP contribution in [0.4, 0.5) is 4.39 Å². The fourth-order valence-corrected chi connectivity index (χ4v) is 1.83. The van der Waals surface area contributed by atoms with Gasteiger partial charge < -0.3 is 4.42 Å². The highest BCUT2D eigenvalue weighted by atomic mass is 79.9. The quantitative estimate of drug-likeness (QED) is 0.779. The zero-order valence-electron chi connectivity index (χ0n) is 7.42. The number of hydrogen-bond donors (Lipinski definition) is 0. The van der Waals surface area contributed by atoms with E-state index >= 15 is 0 Å². The summed E-state index contributed by atoms with van der Waals surface area (Å²) < 4.78 is 19.5. The van der Waals surface area contributed by atoms with E-state index in [0.717, 1.165) is 4.47 Å². The first-order valence-corrected chi connectivity index (χ1v) is 4.82. The van der Waals surface area contributed by atoms with Gasteiger partial charge in [-0.15, -0.1) is 0 Å². The molecule has 0 unspecified atom stereocenters.